The lowest BCUT2D eigenvalue weighted by molar-refractivity contribution is -0.384. The maximum absolute atomic E-state index is 12.2. The molecule has 1 aromatic carbocycles. The molecule has 25 heavy (non-hydrogen) atoms. The first-order valence-electron chi connectivity index (χ1n) is 8.41. The first-order valence-corrected chi connectivity index (χ1v) is 8.41. The number of hydrogen-bond donors (Lipinski definition) is 2. The minimum Gasteiger partial charge on any atom is -0.325 e. The van der Waals surface area contributed by atoms with E-state index in [1.807, 2.05) is 7.05 Å². The molecule has 2 N–H and O–H groups in total. The molecule has 0 aliphatic carbocycles. The summed E-state index contributed by atoms with van der Waals surface area (Å²) in [6.07, 6.45) is 3.45. The minimum atomic E-state index is -0.434. The molecule has 1 aliphatic rings. The molecular formula is C17H27ClN4O3. The Kier molecular flexibility index (Phi) is 8.82. The van der Waals surface area contributed by atoms with Crippen molar-refractivity contribution in [2.24, 2.45) is 5.92 Å². The minimum absolute atomic E-state index is 0. The van der Waals surface area contributed by atoms with Crippen molar-refractivity contribution in [1.82, 2.24) is 10.2 Å². The summed E-state index contributed by atoms with van der Waals surface area (Å²) in [6.45, 7) is 5.07. The lowest BCUT2D eigenvalue weighted by Gasteiger charge is -2.31. The number of benzene rings is 1. The van der Waals surface area contributed by atoms with Gasteiger partial charge in [-0.25, -0.2) is 0 Å². The van der Waals surface area contributed by atoms with Crippen LogP contribution in [0.25, 0.3) is 0 Å². The third kappa shape index (κ3) is 6.61. The molecule has 0 saturated carbocycles. The third-order valence-electron chi connectivity index (χ3n) is 4.57. The molecule has 0 unspecified atom stereocenters. The molecule has 1 aromatic rings. The van der Waals surface area contributed by atoms with E-state index in [9.17, 15) is 14.9 Å². The number of non-ortho nitro benzene ring substituents is 1. The lowest BCUT2D eigenvalue weighted by atomic mass is 9.93. The van der Waals surface area contributed by atoms with E-state index in [2.05, 4.69) is 15.5 Å². The van der Waals surface area contributed by atoms with Crippen LogP contribution in [-0.2, 0) is 4.79 Å². The van der Waals surface area contributed by atoms with E-state index in [0.717, 1.165) is 38.4 Å². The van der Waals surface area contributed by atoms with E-state index < -0.39 is 4.92 Å². The van der Waals surface area contributed by atoms with Crippen molar-refractivity contribution < 1.29 is 9.72 Å². The van der Waals surface area contributed by atoms with Gasteiger partial charge in [-0.15, -0.1) is 12.4 Å². The van der Waals surface area contributed by atoms with Crippen LogP contribution in [-0.4, -0.2) is 49.0 Å². The van der Waals surface area contributed by atoms with Gasteiger partial charge in [-0.2, -0.15) is 0 Å². The second-order valence-corrected chi connectivity index (χ2v) is 6.42. The Balaban J connectivity index is 0.00000312. The summed E-state index contributed by atoms with van der Waals surface area (Å²) in [5.41, 5.74) is 1.37. The fraction of sp³-hybridized carbons (Fsp3) is 0.588. The number of nitrogens with one attached hydrogen (secondary N) is 2. The van der Waals surface area contributed by atoms with Crippen LogP contribution in [0.3, 0.4) is 0 Å². The van der Waals surface area contributed by atoms with Crippen molar-refractivity contribution >= 4 is 29.7 Å². The fourth-order valence-corrected chi connectivity index (χ4v) is 3.08. The molecule has 1 amide bonds. The predicted octanol–water partition coefficient (Wildman–Crippen LogP) is 2.59. The van der Waals surface area contributed by atoms with Gasteiger partial charge in [-0.3, -0.25) is 19.8 Å². The van der Waals surface area contributed by atoms with Crippen LogP contribution >= 0.6 is 12.4 Å². The van der Waals surface area contributed by atoms with Gasteiger partial charge in [-0.05, 0) is 70.4 Å². The fourth-order valence-electron chi connectivity index (χ4n) is 3.08. The van der Waals surface area contributed by atoms with Gasteiger partial charge in [0, 0.05) is 17.8 Å². The zero-order chi connectivity index (χ0) is 17.5. The van der Waals surface area contributed by atoms with Crippen LogP contribution < -0.4 is 10.6 Å². The number of nitro benzene ring substituents is 1. The van der Waals surface area contributed by atoms with E-state index in [-0.39, 0.29) is 24.0 Å². The van der Waals surface area contributed by atoms with Crippen molar-refractivity contribution in [2.75, 3.05) is 38.5 Å². The maximum Gasteiger partial charge on any atom is 0.269 e. The number of nitro groups is 1. The summed E-state index contributed by atoms with van der Waals surface area (Å²) in [6, 6.07) is 4.48. The number of nitrogens with zero attached hydrogens (tertiary/aromatic N) is 2. The van der Waals surface area contributed by atoms with Crippen LogP contribution in [0.1, 0.15) is 24.8 Å². The molecule has 1 fully saturated rings. The summed E-state index contributed by atoms with van der Waals surface area (Å²) in [7, 11) is 1.97. The number of rotatable bonds is 7. The number of amides is 1. The van der Waals surface area contributed by atoms with Gasteiger partial charge in [0.2, 0.25) is 5.91 Å². The van der Waals surface area contributed by atoms with E-state index in [1.54, 1.807) is 13.0 Å². The molecule has 8 heteroatoms. The number of carbonyl (C=O) groups excluding carboxylic acids is 1. The van der Waals surface area contributed by atoms with Crippen LogP contribution in [0, 0.1) is 23.0 Å². The van der Waals surface area contributed by atoms with E-state index >= 15 is 0 Å². The van der Waals surface area contributed by atoms with Crippen molar-refractivity contribution in [2.45, 2.75) is 26.2 Å². The molecule has 0 bridgehead atoms. The molecule has 0 spiro atoms. The highest BCUT2D eigenvalue weighted by Crippen LogP contribution is 2.22. The molecule has 1 saturated heterocycles. The van der Waals surface area contributed by atoms with Gasteiger partial charge in [0.1, 0.15) is 0 Å². The van der Waals surface area contributed by atoms with Gasteiger partial charge in [0.15, 0.2) is 0 Å². The Labute approximate surface area is 154 Å². The Morgan fingerprint density at radius 3 is 2.60 bits per heavy atom. The van der Waals surface area contributed by atoms with Gasteiger partial charge < -0.3 is 10.6 Å². The number of aryl methyl sites for hydroxylation is 1. The zero-order valence-corrected chi connectivity index (χ0v) is 15.6. The largest absolute Gasteiger partial charge is 0.325 e. The first-order chi connectivity index (χ1) is 11.5. The third-order valence-corrected chi connectivity index (χ3v) is 4.57. The summed E-state index contributed by atoms with van der Waals surface area (Å²) in [5.74, 6) is 0.675. The van der Waals surface area contributed by atoms with Crippen LogP contribution in [0.2, 0.25) is 0 Å². The SMILES string of the molecule is CNCCC1CCN(CC(=O)Nc2ccc([N+](=O)[O-])cc2C)CC1.Cl. The zero-order valence-electron chi connectivity index (χ0n) is 14.8. The van der Waals surface area contributed by atoms with Crippen LogP contribution in [0.4, 0.5) is 11.4 Å². The molecule has 7 nitrogen and oxygen atoms in total. The standard InChI is InChI=1S/C17H26N4O3.ClH/c1-13-11-15(21(23)24)3-4-16(13)19-17(22)12-20-9-6-14(7-10-20)5-8-18-2;/h3-4,11,14,18H,5-10,12H2,1-2H3,(H,19,22);1H. The highest BCUT2D eigenvalue weighted by Gasteiger charge is 2.20. The molecule has 1 heterocycles. The quantitative estimate of drug-likeness (QED) is 0.569. The normalized spacial score (nSPS) is 15.4. The van der Waals surface area contributed by atoms with Crippen molar-refractivity contribution in [3.8, 4) is 0 Å². The molecule has 2 rings (SSSR count). The number of likely N-dealkylation sites (tertiary alicyclic amines) is 1. The summed E-state index contributed by atoms with van der Waals surface area (Å²) < 4.78 is 0. The Morgan fingerprint density at radius 1 is 1.36 bits per heavy atom. The Hall–Kier alpha value is -1.70. The average molecular weight is 371 g/mol. The van der Waals surface area contributed by atoms with Gasteiger partial charge in [0.25, 0.3) is 5.69 Å². The van der Waals surface area contributed by atoms with Gasteiger partial charge >= 0.3 is 0 Å². The van der Waals surface area contributed by atoms with Gasteiger partial charge in [0.05, 0.1) is 11.5 Å². The van der Waals surface area contributed by atoms with Gasteiger partial charge in [-0.1, -0.05) is 0 Å². The highest BCUT2D eigenvalue weighted by atomic mass is 35.5. The maximum atomic E-state index is 12.2. The first kappa shape index (κ1) is 21.3. The van der Waals surface area contributed by atoms with E-state index in [1.165, 1.54) is 18.6 Å². The number of piperidine rings is 1. The van der Waals surface area contributed by atoms with E-state index in [0.29, 0.717) is 17.8 Å². The molecule has 1 aliphatic heterocycles. The highest BCUT2D eigenvalue weighted by molar-refractivity contribution is 5.93. The second-order valence-electron chi connectivity index (χ2n) is 6.42. The summed E-state index contributed by atoms with van der Waals surface area (Å²) >= 11 is 0. The topological polar surface area (TPSA) is 87.5 Å². The number of anilines is 1. The summed E-state index contributed by atoms with van der Waals surface area (Å²) in [5, 5.41) is 16.8. The van der Waals surface area contributed by atoms with Crippen LogP contribution in [0.5, 0.6) is 0 Å². The van der Waals surface area contributed by atoms with Crippen molar-refractivity contribution in [3.05, 3.63) is 33.9 Å². The molecule has 0 atom stereocenters. The van der Waals surface area contributed by atoms with Crippen molar-refractivity contribution in [1.29, 1.82) is 0 Å². The number of halogens is 1. The predicted molar refractivity (Wildman–Crippen MR) is 101 cm³/mol. The van der Waals surface area contributed by atoms with Crippen molar-refractivity contribution in [3.63, 3.8) is 0 Å². The smallest absolute Gasteiger partial charge is 0.269 e. The number of carbonyl (C=O) groups is 1. The monoisotopic (exact) mass is 370 g/mol. The Morgan fingerprint density at radius 2 is 2.04 bits per heavy atom. The molecular weight excluding hydrogens is 344 g/mol. The molecule has 0 aromatic heterocycles. The Bertz CT molecular complexity index is 589. The summed E-state index contributed by atoms with van der Waals surface area (Å²) in [4.78, 5) is 24.7. The molecule has 140 valence electrons. The second kappa shape index (κ2) is 10.3. The number of hydrogen-bond acceptors (Lipinski definition) is 5. The van der Waals surface area contributed by atoms with E-state index in [4.69, 9.17) is 0 Å². The van der Waals surface area contributed by atoms with Crippen LogP contribution in [0.15, 0.2) is 18.2 Å². The molecule has 0 radical (unpaired) electrons. The average Bonchev–Trinajstić information content (AvgIpc) is 2.56. The lowest BCUT2D eigenvalue weighted by Crippen LogP contribution is -2.39.